The van der Waals surface area contributed by atoms with Crippen molar-refractivity contribution in [3.05, 3.63) is 143 Å². The molecule has 0 amide bonds. The van der Waals surface area contributed by atoms with E-state index in [1.54, 1.807) is 0 Å². The van der Waals surface area contributed by atoms with Crippen LogP contribution in [0.25, 0.3) is 11.1 Å². The van der Waals surface area contributed by atoms with Gasteiger partial charge < -0.3 is 0 Å². The molecule has 3 aromatic carbocycles. The number of hydrogen-bond donors (Lipinski definition) is 0. The predicted octanol–water partition coefficient (Wildman–Crippen LogP) is 6.77. The molecule has 0 fully saturated rings. The van der Waals surface area contributed by atoms with E-state index in [1.807, 2.05) is 7.85 Å². The number of fused-ring (bicyclic) bond motifs is 3. The molecule has 0 atom stereocenters. The third-order valence-corrected chi connectivity index (χ3v) is 6.27. The molecule has 0 spiro atoms. The lowest BCUT2D eigenvalue weighted by molar-refractivity contribution is 0.803. The number of rotatable bonds is 6. The van der Waals surface area contributed by atoms with Crippen LogP contribution in [0.3, 0.4) is 0 Å². The van der Waals surface area contributed by atoms with Gasteiger partial charge in [-0.25, -0.2) is 0 Å². The minimum absolute atomic E-state index is 0.313. The van der Waals surface area contributed by atoms with Gasteiger partial charge in [0.2, 0.25) is 0 Å². The molecule has 1 aliphatic carbocycles. The Hall–Kier alpha value is -3.32. The Morgan fingerprint density at radius 1 is 0.903 bits per heavy atom. The predicted molar refractivity (Wildman–Crippen MR) is 137 cm³/mol. The van der Waals surface area contributed by atoms with Crippen molar-refractivity contribution in [1.82, 2.24) is 0 Å². The van der Waals surface area contributed by atoms with Crippen LogP contribution in [0.1, 0.15) is 36.1 Å². The molecule has 0 unspecified atom stereocenters. The summed E-state index contributed by atoms with van der Waals surface area (Å²) in [6.07, 6.45) is 9.91. The van der Waals surface area contributed by atoms with Gasteiger partial charge in [0.25, 0.3) is 0 Å². The highest BCUT2D eigenvalue weighted by Gasteiger charge is 2.42. The van der Waals surface area contributed by atoms with E-state index in [2.05, 4.69) is 124 Å². The van der Waals surface area contributed by atoms with Crippen LogP contribution in [-0.4, -0.2) is 7.85 Å². The summed E-state index contributed by atoms with van der Waals surface area (Å²) >= 11 is 0. The SMILES string of the molecule is B\C=C/C(=C\C=C\C1(c2ccc(CC)cc2)c2ccccc2-c2ccccc21)C(=C)C. The highest BCUT2D eigenvalue weighted by molar-refractivity contribution is 6.17. The lowest BCUT2D eigenvalue weighted by Gasteiger charge is -2.30. The van der Waals surface area contributed by atoms with E-state index in [0.717, 1.165) is 17.6 Å². The van der Waals surface area contributed by atoms with Gasteiger partial charge >= 0.3 is 0 Å². The second-order valence-corrected chi connectivity index (χ2v) is 8.21. The normalized spacial score (nSPS) is 14.7. The van der Waals surface area contributed by atoms with E-state index in [-0.39, 0.29) is 5.41 Å². The van der Waals surface area contributed by atoms with E-state index >= 15 is 0 Å². The Kier molecular flexibility index (Phi) is 5.95. The summed E-state index contributed by atoms with van der Waals surface area (Å²) in [5.74, 6) is 2.06. The van der Waals surface area contributed by atoms with Crippen LogP contribution in [0.5, 0.6) is 0 Å². The Morgan fingerprint density at radius 3 is 2.00 bits per heavy atom. The molecular weight excluding hydrogens is 371 g/mol. The number of aryl methyl sites for hydroxylation is 1. The quantitative estimate of drug-likeness (QED) is 0.316. The molecular formula is C30H29B. The molecule has 1 heteroatoms. The van der Waals surface area contributed by atoms with E-state index in [0.29, 0.717) is 0 Å². The van der Waals surface area contributed by atoms with Gasteiger partial charge in [0.1, 0.15) is 7.85 Å². The molecule has 0 N–H and O–H groups in total. The number of hydrogen-bond acceptors (Lipinski definition) is 0. The molecule has 4 rings (SSSR count). The summed E-state index contributed by atoms with van der Waals surface area (Å²) in [7, 11) is 2.04. The van der Waals surface area contributed by atoms with Crippen LogP contribution in [0, 0.1) is 0 Å². The first-order chi connectivity index (χ1) is 15.1. The van der Waals surface area contributed by atoms with Crippen molar-refractivity contribution in [2.45, 2.75) is 25.7 Å². The summed E-state index contributed by atoms with van der Waals surface area (Å²) in [4.78, 5) is 0. The first-order valence-corrected chi connectivity index (χ1v) is 11.1. The Labute approximate surface area is 187 Å². The van der Waals surface area contributed by atoms with Gasteiger partial charge in [-0.3, -0.25) is 0 Å². The first-order valence-electron chi connectivity index (χ1n) is 11.1. The average Bonchev–Trinajstić information content (AvgIpc) is 3.09. The summed E-state index contributed by atoms with van der Waals surface area (Å²) in [6, 6.07) is 26.8. The summed E-state index contributed by atoms with van der Waals surface area (Å²) in [5, 5.41) is 0. The third-order valence-electron chi connectivity index (χ3n) is 6.27. The fraction of sp³-hybridized carbons (Fsp3) is 0.133. The van der Waals surface area contributed by atoms with Crippen LogP contribution in [-0.2, 0) is 11.8 Å². The highest BCUT2D eigenvalue weighted by Crippen LogP contribution is 2.53. The molecule has 31 heavy (non-hydrogen) atoms. The van der Waals surface area contributed by atoms with Gasteiger partial charge in [-0.2, -0.15) is 0 Å². The zero-order chi connectivity index (χ0) is 21.8. The second kappa shape index (κ2) is 8.82. The van der Waals surface area contributed by atoms with Crippen molar-refractivity contribution in [1.29, 1.82) is 0 Å². The molecule has 152 valence electrons. The molecule has 0 aliphatic heterocycles. The Bertz CT molecular complexity index is 1140. The van der Waals surface area contributed by atoms with Gasteiger partial charge in [0, 0.05) is 0 Å². The molecule has 1 aliphatic rings. The molecule has 0 nitrogen and oxygen atoms in total. The summed E-state index contributed by atoms with van der Waals surface area (Å²) in [6.45, 7) is 8.40. The Morgan fingerprint density at radius 2 is 1.48 bits per heavy atom. The highest BCUT2D eigenvalue weighted by atomic mass is 14.4. The zero-order valence-electron chi connectivity index (χ0n) is 18.7. The fourth-order valence-electron chi connectivity index (χ4n) is 4.67. The summed E-state index contributed by atoms with van der Waals surface area (Å²) in [5.41, 5.74) is 9.88. The number of benzene rings is 3. The number of allylic oxidation sites excluding steroid dienone is 6. The van der Waals surface area contributed by atoms with Crippen molar-refractivity contribution in [2.75, 3.05) is 0 Å². The van der Waals surface area contributed by atoms with Gasteiger partial charge in [0.05, 0.1) is 5.41 Å². The molecule has 0 heterocycles. The standard InChI is InChI=1S/C30H29B/c1-4-23-15-17-25(18-16-23)30(20-9-10-24(19-21-31)22(2)3)28-13-7-5-11-26(28)27-12-6-8-14-29(27)30/h5-21H,2,4,31H2,1,3H3/b20-9+,21-19-,24-10+. The second-order valence-electron chi connectivity index (χ2n) is 8.21. The molecule has 0 radical (unpaired) electrons. The molecule has 3 aromatic rings. The molecule has 0 aromatic heterocycles. The van der Waals surface area contributed by atoms with Gasteiger partial charge in [-0.05, 0) is 52.3 Å². The maximum atomic E-state index is 4.14. The van der Waals surface area contributed by atoms with Crippen molar-refractivity contribution in [2.24, 2.45) is 0 Å². The van der Waals surface area contributed by atoms with Crippen molar-refractivity contribution in [3.63, 3.8) is 0 Å². The minimum atomic E-state index is -0.313. The first kappa shape index (κ1) is 20.9. The topological polar surface area (TPSA) is 0 Å². The van der Waals surface area contributed by atoms with Gasteiger partial charge in [0.15, 0.2) is 0 Å². The molecule has 0 bridgehead atoms. The Balaban J connectivity index is 1.98. The lowest BCUT2D eigenvalue weighted by Crippen LogP contribution is -2.24. The van der Waals surface area contributed by atoms with Crippen molar-refractivity contribution >= 4 is 7.85 Å². The van der Waals surface area contributed by atoms with Crippen molar-refractivity contribution < 1.29 is 0 Å². The van der Waals surface area contributed by atoms with E-state index in [9.17, 15) is 0 Å². The van der Waals surface area contributed by atoms with E-state index in [1.165, 1.54) is 33.4 Å². The van der Waals surface area contributed by atoms with Crippen LogP contribution in [0.4, 0.5) is 0 Å². The van der Waals surface area contributed by atoms with Crippen LogP contribution >= 0.6 is 0 Å². The van der Waals surface area contributed by atoms with Gasteiger partial charge in [-0.15, -0.1) is 5.98 Å². The monoisotopic (exact) mass is 400 g/mol. The summed E-state index contributed by atoms with van der Waals surface area (Å²) < 4.78 is 0. The average molecular weight is 400 g/mol. The van der Waals surface area contributed by atoms with Crippen LogP contribution in [0.15, 0.2) is 121 Å². The maximum Gasteiger partial charge on any atom is 0.129 e. The minimum Gasteiger partial charge on any atom is -0.123 e. The van der Waals surface area contributed by atoms with E-state index in [4.69, 9.17) is 0 Å². The van der Waals surface area contributed by atoms with Gasteiger partial charge in [-0.1, -0.05) is 116 Å². The zero-order valence-corrected chi connectivity index (χ0v) is 18.7. The molecule has 0 saturated carbocycles. The maximum absolute atomic E-state index is 4.14. The largest absolute Gasteiger partial charge is 0.129 e. The smallest absolute Gasteiger partial charge is 0.123 e. The molecule has 0 saturated heterocycles. The van der Waals surface area contributed by atoms with Crippen LogP contribution in [0.2, 0.25) is 0 Å². The fourth-order valence-corrected chi connectivity index (χ4v) is 4.67. The van der Waals surface area contributed by atoms with Crippen LogP contribution < -0.4 is 0 Å². The lowest BCUT2D eigenvalue weighted by atomic mass is 9.72. The van der Waals surface area contributed by atoms with Crippen molar-refractivity contribution in [3.8, 4) is 11.1 Å². The van der Waals surface area contributed by atoms with E-state index < -0.39 is 0 Å². The third kappa shape index (κ3) is 3.66.